The second kappa shape index (κ2) is 10.7. The van der Waals surface area contributed by atoms with Crippen LogP contribution < -0.4 is 10.6 Å². The molecule has 200 valence electrons. The lowest BCUT2D eigenvalue weighted by atomic mass is 10.1. The number of benzene rings is 2. The van der Waals surface area contributed by atoms with Crippen molar-refractivity contribution in [2.75, 3.05) is 10.6 Å². The molecule has 0 aliphatic carbocycles. The highest BCUT2D eigenvalue weighted by molar-refractivity contribution is 7.13. The first-order valence-corrected chi connectivity index (χ1v) is 13.5. The van der Waals surface area contributed by atoms with Gasteiger partial charge in [-0.2, -0.15) is 0 Å². The van der Waals surface area contributed by atoms with E-state index in [4.69, 9.17) is 0 Å². The van der Waals surface area contributed by atoms with Crippen LogP contribution in [0, 0.1) is 34.1 Å². The van der Waals surface area contributed by atoms with Gasteiger partial charge in [0.05, 0.1) is 21.0 Å². The molecule has 0 bridgehead atoms. The zero-order valence-corrected chi connectivity index (χ0v) is 22.7. The van der Waals surface area contributed by atoms with Crippen LogP contribution in [-0.2, 0) is 9.59 Å². The van der Waals surface area contributed by atoms with Crippen LogP contribution >= 0.6 is 22.7 Å². The number of fused-ring (bicyclic) bond motifs is 2. The number of anilines is 2. The van der Waals surface area contributed by atoms with E-state index in [1.165, 1.54) is 24.3 Å². The Kier molecular flexibility index (Phi) is 7.11. The predicted octanol–water partition coefficient (Wildman–Crippen LogP) is 6.91. The second-order valence-corrected chi connectivity index (χ2v) is 11.5. The number of nitrogens with zero attached hydrogens (tertiary/aromatic N) is 2. The van der Waals surface area contributed by atoms with Crippen molar-refractivity contribution in [3.05, 3.63) is 112 Å². The number of nitro groups is 2. The minimum atomic E-state index is -0.462. The fourth-order valence-corrected chi connectivity index (χ4v) is 5.85. The minimum Gasteiger partial charge on any atom is -0.321 e. The van der Waals surface area contributed by atoms with E-state index in [0.29, 0.717) is 33.6 Å². The maximum atomic E-state index is 12.0. The van der Waals surface area contributed by atoms with E-state index in [-0.39, 0.29) is 23.2 Å². The third-order valence-corrected chi connectivity index (χ3v) is 7.98. The Labute approximate surface area is 235 Å². The fraction of sp³-hybridized carbons (Fsp3) is 0.0714. The van der Waals surface area contributed by atoms with Gasteiger partial charge in [-0.1, -0.05) is 0 Å². The maximum absolute atomic E-state index is 12.0. The molecule has 0 fully saturated rings. The van der Waals surface area contributed by atoms with Crippen LogP contribution in [-0.4, -0.2) is 21.7 Å². The summed E-state index contributed by atoms with van der Waals surface area (Å²) in [5.74, 6) is -0.460. The zero-order valence-electron chi connectivity index (χ0n) is 21.1. The highest BCUT2D eigenvalue weighted by Gasteiger charge is 2.27. The molecule has 2 N–H and O–H groups in total. The molecule has 0 saturated carbocycles. The van der Waals surface area contributed by atoms with E-state index in [2.05, 4.69) is 10.6 Å². The summed E-state index contributed by atoms with van der Waals surface area (Å²) in [5, 5.41) is 27.1. The van der Waals surface area contributed by atoms with Gasteiger partial charge in [0.15, 0.2) is 0 Å². The molecule has 4 aromatic rings. The van der Waals surface area contributed by atoms with Crippen molar-refractivity contribution in [1.29, 1.82) is 0 Å². The van der Waals surface area contributed by atoms with Crippen LogP contribution in [0.3, 0.4) is 0 Å². The molecule has 0 atom stereocenters. The van der Waals surface area contributed by atoms with Gasteiger partial charge in [-0.3, -0.25) is 29.8 Å². The Balaban J connectivity index is 0.000000161. The van der Waals surface area contributed by atoms with E-state index in [1.54, 1.807) is 47.0 Å². The largest absolute Gasteiger partial charge is 0.321 e. The normalized spacial score (nSPS) is 15.2. The molecule has 4 heterocycles. The smallest absolute Gasteiger partial charge is 0.270 e. The molecule has 0 spiro atoms. The highest BCUT2D eigenvalue weighted by Crippen LogP contribution is 2.37. The number of hydrogen-bond acceptors (Lipinski definition) is 8. The number of nitrogens with one attached hydrogen (secondary N) is 2. The second-order valence-electron chi connectivity index (χ2n) is 8.90. The molecule has 0 radical (unpaired) electrons. The monoisotopic (exact) mass is 572 g/mol. The van der Waals surface area contributed by atoms with Gasteiger partial charge in [0.25, 0.3) is 23.2 Å². The number of non-ortho nitro benzene ring substituents is 2. The summed E-state index contributed by atoms with van der Waals surface area (Å²) in [6.07, 6.45) is 3.53. The molecule has 2 aliphatic heterocycles. The van der Waals surface area contributed by atoms with Crippen molar-refractivity contribution in [1.82, 2.24) is 0 Å². The summed E-state index contributed by atoms with van der Waals surface area (Å²) in [5.41, 5.74) is 3.27. The van der Waals surface area contributed by atoms with E-state index >= 15 is 0 Å². The van der Waals surface area contributed by atoms with Gasteiger partial charge in [0, 0.05) is 66.3 Å². The Morgan fingerprint density at radius 1 is 0.650 bits per heavy atom. The predicted molar refractivity (Wildman–Crippen MR) is 157 cm³/mol. The van der Waals surface area contributed by atoms with Crippen molar-refractivity contribution >= 4 is 80.5 Å². The highest BCUT2D eigenvalue weighted by atomic mass is 32.1. The van der Waals surface area contributed by atoms with Gasteiger partial charge in [-0.15, -0.1) is 22.7 Å². The zero-order chi connectivity index (χ0) is 28.6. The molecule has 40 heavy (non-hydrogen) atoms. The Morgan fingerprint density at radius 3 is 1.38 bits per heavy atom. The molecule has 2 amide bonds. The molecule has 2 aliphatic rings. The molecular weight excluding hydrogens is 552 g/mol. The topological polar surface area (TPSA) is 144 Å². The summed E-state index contributed by atoms with van der Waals surface area (Å²) in [7, 11) is 0. The van der Waals surface area contributed by atoms with Crippen LogP contribution in [0.2, 0.25) is 0 Å². The third kappa shape index (κ3) is 5.44. The number of nitro benzene ring substituents is 2. The number of rotatable bonds is 4. The molecular formula is C28H20N4O6S2. The number of carbonyl (C=O) groups excluding carboxylic acids is 2. The van der Waals surface area contributed by atoms with Gasteiger partial charge in [0.1, 0.15) is 0 Å². The lowest BCUT2D eigenvalue weighted by Crippen LogP contribution is -2.03. The van der Waals surface area contributed by atoms with Gasteiger partial charge < -0.3 is 10.6 Å². The lowest BCUT2D eigenvalue weighted by molar-refractivity contribution is -0.385. The molecule has 6 rings (SSSR count). The molecule has 0 saturated heterocycles. The number of aryl methyl sites for hydroxylation is 2. The van der Waals surface area contributed by atoms with E-state index in [0.717, 1.165) is 19.5 Å². The average Bonchev–Trinajstić information content (AvgIpc) is 3.67. The van der Waals surface area contributed by atoms with Crippen LogP contribution in [0.4, 0.5) is 22.7 Å². The van der Waals surface area contributed by atoms with E-state index < -0.39 is 9.85 Å². The van der Waals surface area contributed by atoms with E-state index in [1.807, 2.05) is 38.1 Å². The summed E-state index contributed by atoms with van der Waals surface area (Å²) in [6.45, 7) is 3.97. The molecule has 2 aromatic carbocycles. The van der Waals surface area contributed by atoms with Crippen LogP contribution in [0.1, 0.15) is 30.6 Å². The fourth-order valence-electron chi connectivity index (χ4n) is 4.21. The standard InChI is InChI=1S/2C14H10N2O3S/c2*1-8-2-4-10(20-8)7-12-11-6-9(16(18)19)3-5-13(11)15-14(12)17/h2*2-7H,1H3,(H,15,17). The number of carbonyl (C=O) groups is 2. The average molecular weight is 573 g/mol. The number of thiophene rings is 2. The van der Waals surface area contributed by atoms with Crippen LogP contribution in [0.25, 0.3) is 23.3 Å². The summed E-state index contributed by atoms with van der Waals surface area (Å²) in [6, 6.07) is 16.5. The van der Waals surface area contributed by atoms with E-state index in [9.17, 15) is 29.8 Å². The first-order valence-electron chi connectivity index (χ1n) is 11.9. The summed E-state index contributed by atoms with van der Waals surface area (Å²) in [4.78, 5) is 48.9. The van der Waals surface area contributed by atoms with Crippen molar-refractivity contribution in [3.63, 3.8) is 0 Å². The van der Waals surface area contributed by atoms with Gasteiger partial charge in [0.2, 0.25) is 0 Å². The first-order chi connectivity index (χ1) is 19.1. The number of amides is 2. The van der Waals surface area contributed by atoms with Crippen molar-refractivity contribution in [2.24, 2.45) is 0 Å². The third-order valence-electron chi connectivity index (χ3n) is 6.09. The Morgan fingerprint density at radius 2 is 1.05 bits per heavy atom. The van der Waals surface area contributed by atoms with Gasteiger partial charge in [-0.25, -0.2) is 0 Å². The van der Waals surface area contributed by atoms with Gasteiger partial charge >= 0.3 is 0 Å². The quantitative estimate of drug-likeness (QED) is 0.154. The SMILES string of the molecule is Cc1ccc(C=C2C(=O)Nc3ccc([N+](=O)[O-])cc32)s1.Cc1ccc(C=C2C(=O)Nc3ccc([N+](=O)[O-])cc32)s1. The van der Waals surface area contributed by atoms with Crippen molar-refractivity contribution in [3.8, 4) is 0 Å². The summed E-state index contributed by atoms with van der Waals surface area (Å²) >= 11 is 3.14. The van der Waals surface area contributed by atoms with Crippen molar-refractivity contribution < 1.29 is 19.4 Å². The molecule has 10 nitrogen and oxygen atoms in total. The Bertz CT molecular complexity index is 1650. The van der Waals surface area contributed by atoms with Crippen LogP contribution in [0.15, 0.2) is 60.7 Å². The minimum absolute atomic E-state index is 0.0199. The first kappa shape index (κ1) is 26.7. The van der Waals surface area contributed by atoms with Crippen molar-refractivity contribution in [2.45, 2.75) is 13.8 Å². The van der Waals surface area contributed by atoms with Crippen LogP contribution in [0.5, 0.6) is 0 Å². The maximum Gasteiger partial charge on any atom is 0.270 e. The lowest BCUT2D eigenvalue weighted by Gasteiger charge is -1.98. The molecule has 0 unspecified atom stereocenters. The number of hydrogen-bond donors (Lipinski definition) is 2. The Hall–Kier alpha value is -4.94. The molecule has 2 aromatic heterocycles. The summed E-state index contributed by atoms with van der Waals surface area (Å²) < 4.78 is 0. The van der Waals surface area contributed by atoms with Gasteiger partial charge in [-0.05, 0) is 62.4 Å². The molecule has 12 heteroatoms.